The standard InChI is InChI=1S/C12H13BrClNO2/c13-10-6-5-8(7-11(10)14)15-12(16)17-9-3-1-2-4-9/h5-7,9H,1-4H2,(H,15,16). The number of rotatable bonds is 2. The van der Waals surface area contributed by atoms with Gasteiger partial charge in [-0.1, -0.05) is 11.6 Å². The second-order valence-electron chi connectivity index (χ2n) is 4.07. The van der Waals surface area contributed by atoms with Gasteiger partial charge in [-0.15, -0.1) is 0 Å². The first kappa shape index (κ1) is 12.7. The highest BCUT2D eigenvalue weighted by Gasteiger charge is 2.19. The van der Waals surface area contributed by atoms with E-state index in [0.29, 0.717) is 10.7 Å². The summed E-state index contributed by atoms with van der Waals surface area (Å²) in [5.41, 5.74) is 0.640. The van der Waals surface area contributed by atoms with Gasteiger partial charge < -0.3 is 4.74 Å². The van der Waals surface area contributed by atoms with E-state index in [-0.39, 0.29) is 6.10 Å². The topological polar surface area (TPSA) is 38.3 Å². The fourth-order valence-corrected chi connectivity index (χ4v) is 2.31. The Hall–Kier alpha value is -0.740. The van der Waals surface area contributed by atoms with E-state index in [1.165, 1.54) is 0 Å². The number of nitrogens with one attached hydrogen (secondary N) is 1. The van der Waals surface area contributed by atoms with Crippen LogP contribution in [0.15, 0.2) is 22.7 Å². The van der Waals surface area contributed by atoms with E-state index in [1.807, 2.05) is 0 Å². The molecule has 1 saturated carbocycles. The minimum atomic E-state index is -0.407. The highest BCUT2D eigenvalue weighted by molar-refractivity contribution is 9.10. The summed E-state index contributed by atoms with van der Waals surface area (Å²) < 4.78 is 6.08. The summed E-state index contributed by atoms with van der Waals surface area (Å²) in [5.74, 6) is 0. The maximum atomic E-state index is 11.6. The molecule has 92 valence electrons. The van der Waals surface area contributed by atoms with Crippen LogP contribution in [-0.4, -0.2) is 12.2 Å². The summed E-state index contributed by atoms with van der Waals surface area (Å²) in [7, 11) is 0. The average molecular weight is 319 g/mol. The Balaban J connectivity index is 1.90. The van der Waals surface area contributed by atoms with E-state index < -0.39 is 6.09 Å². The maximum Gasteiger partial charge on any atom is 0.411 e. The zero-order valence-corrected chi connectivity index (χ0v) is 11.6. The van der Waals surface area contributed by atoms with Gasteiger partial charge in [0.15, 0.2) is 0 Å². The SMILES string of the molecule is O=C(Nc1ccc(Br)c(Cl)c1)OC1CCCC1. The monoisotopic (exact) mass is 317 g/mol. The lowest BCUT2D eigenvalue weighted by atomic mass is 10.3. The number of anilines is 1. The van der Waals surface area contributed by atoms with Crippen LogP contribution in [0.1, 0.15) is 25.7 Å². The maximum absolute atomic E-state index is 11.6. The molecule has 2 rings (SSSR count). The van der Waals surface area contributed by atoms with Crippen molar-refractivity contribution in [3.8, 4) is 0 Å². The molecule has 0 spiro atoms. The van der Waals surface area contributed by atoms with Crippen LogP contribution < -0.4 is 5.32 Å². The van der Waals surface area contributed by atoms with Crippen molar-refractivity contribution in [2.45, 2.75) is 31.8 Å². The number of carbonyl (C=O) groups excluding carboxylic acids is 1. The number of amides is 1. The van der Waals surface area contributed by atoms with Gasteiger partial charge in [-0.2, -0.15) is 0 Å². The first-order valence-electron chi connectivity index (χ1n) is 5.58. The summed E-state index contributed by atoms with van der Waals surface area (Å²) in [4.78, 5) is 11.6. The molecule has 0 aromatic heterocycles. The van der Waals surface area contributed by atoms with Crippen molar-refractivity contribution in [3.05, 3.63) is 27.7 Å². The normalized spacial score (nSPS) is 15.9. The lowest BCUT2D eigenvalue weighted by Gasteiger charge is -2.12. The Kier molecular flexibility index (Phi) is 4.29. The fraction of sp³-hybridized carbons (Fsp3) is 0.417. The first-order chi connectivity index (χ1) is 8.15. The smallest absolute Gasteiger partial charge is 0.411 e. The van der Waals surface area contributed by atoms with E-state index in [2.05, 4.69) is 21.2 Å². The second-order valence-corrected chi connectivity index (χ2v) is 5.33. The van der Waals surface area contributed by atoms with Crippen LogP contribution in [0.4, 0.5) is 10.5 Å². The zero-order valence-electron chi connectivity index (χ0n) is 9.21. The van der Waals surface area contributed by atoms with Crippen molar-refractivity contribution in [1.82, 2.24) is 0 Å². The van der Waals surface area contributed by atoms with Crippen LogP contribution in [-0.2, 0) is 4.74 Å². The lowest BCUT2D eigenvalue weighted by Crippen LogP contribution is -2.20. The third kappa shape index (κ3) is 3.61. The molecule has 0 atom stereocenters. The molecular weight excluding hydrogens is 305 g/mol. The zero-order chi connectivity index (χ0) is 12.3. The van der Waals surface area contributed by atoms with Gasteiger partial charge in [0.25, 0.3) is 0 Å². The average Bonchev–Trinajstić information content (AvgIpc) is 2.76. The molecule has 0 bridgehead atoms. The van der Waals surface area contributed by atoms with Crippen LogP contribution in [0.25, 0.3) is 0 Å². The number of benzene rings is 1. The van der Waals surface area contributed by atoms with Crippen molar-refractivity contribution < 1.29 is 9.53 Å². The van der Waals surface area contributed by atoms with Gasteiger partial charge >= 0.3 is 6.09 Å². The molecule has 0 heterocycles. The predicted molar refractivity (Wildman–Crippen MR) is 71.5 cm³/mol. The van der Waals surface area contributed by atoms with Crippen molar-refractivity contribution >= 4 is 39.3 Å². The molecule has 5 heteroatoms. The number of ether oxygens (including phenoxy) is 1. The van der Waals surface area contributed by atoms with Gasteiger partial charge in [0, 0.05) is 10.2 Å². The molecule has 1 aromatic carbocycles. The van der Waals surface area contributed by atoms with Crippen LogP contribution in [0.2, 0.25) is 5.02 Å². The van der Waals surface area contributed by atoms with Gasteiger partial charge in [0.2, 0.25) is 0 Å². The fourth-order valence-electron chi connectivity index (χ4n) is 1.88. The molecule has 0 radical (unpaired) electrons. The minimum absolute atomic E-state index is 0.0703. The van der Waals surface area contributed by atoms with E-state index in [9.17, 15) is 4.79 Å². The number of hydrogen-bond acceptors (Lipinski definition) is 2. The summed E-state index contributed by atoms with van der Waals surface area (Å²) in [6.07, 6.45) is 3.88. The first-order valence-corrected chi connectivity index (χ1v) is 6.75. The Labute approximate surface area is 114 Å². The Bertz CT molecular complexity index is 419. The van der Waals surface area contributed by atoms with Crippen molar-refractivity contribution in [2.75, 3.05) is 5.32 Å². The Morgan fingerprint density at radius 3 is 2.76 bits per heavy atom. The van der Waals surface area contributed by atoms with Crippen LogP contribution >= 0.6 is 27.5 Å². The quantitative estimate of drug-likeness (QED) is 0.866. The molecule has 0 saturated heterocycles. The van der Waals surface area contributed by atoms with Gasteiger partial charge in [-0.25, -0.2) is 4.79 Å². The third-order valence-electron chi connectivity index (χ3n) is 2.74. The summed E-state index contributed by atoms with van der Waals surface area (Å²) in [6, 6.07) is 5.24. The molecule has 1 aromatic rings. The highest BCUT2D eigenvalue weighted by atomic mass is 79.9. The van der Waals surface area contributed by atoms with Crippen LogP contribution in [0.5, 0.6) is 0 Å². The number of carbonyl (C=O) groups is 1. The minimum Gasteiger partial charge on any atom is -0.446 e. The molecule has 17 heavy (non-hydrogen) atoms. The predicted octanol–water partition coefficient (Wildman–Crippen LogP) is 4.59. The Morgan fingerprint density at radius 2 is 2.12 bits per heavy atom. The number of halogens is 2. The van der Waals surface area contributed by atoms with Gasteiger partial charge in [0.05, 0.1) is 5.02 Å². The second kappa shape index (κ2) is 5.74. The summed E-state index contributed by atoms with van der Waals surface area (Å²) in [5, 5.41) is 3.23. The lowest BCUT2D eigenvalue weighted by molar-refractivity contribution is 0.114. The van der Waals surface area contributed by atoms with Crippen molar-refractivity contribution in [1.29, 1.82) is 0 Å². The molecule has 3 nitrogen and oxygen atoms in total. The van der Waals surface area contributed by atoms with Crippen LogP contribution in [0, 0.1) is 0 Å². The molecule has 0 unspecified atom stereocenters. The summed E-state index contributed by atoms with van der Waals surface area (Å²) in [6.45, 7) is 0. The largest absolute Gasteiger partial charge is 0.446 e. The van der Waals surface area contributed by atoms with E-state index >= 15 is 0 Å². The van der Waals surface area contributed by atoms with Crippen molar-refractivity contribution in [3.63, 3.8) is 0 Å². The molecular formula is C12H13BrClNO2. The van der Waals surface area contributed by atoms with Gasteiger partial charge in [0.1, 0.15) is 6.10 Å². The Morgan fingerprint density at radius 1 is 1.41 bits per heavy atom. The van der Waals surface area contributed by atoms with E-state index in [1.54, 1.807) is 18.2 Å². The van der Waals surface area contributed by atoms with Gasteiger partial charge in [-0.3, -0.25) is 5.32 Å². The van der Waals surface area contributed by atoms with Gasteiger partial charge in [-0.05, 0) is 59.8 Å². The molecule has 1 amide bonds. The molecule has 1 N–H and O–H groups in total. The number of hydrogen-bond donors (Lipinski definition) is 1. The molecule has 1 aliphatic rings. The highest BCUT2D eigenvalue weighted by Crippen LogP contribution is 2.26. The van der Waals surface area contributed by atoms with Crippen LogP contribution in [0.3, 0.4) is 0 Å². The van der Waals surface area contributed by atoms with E-state index in [4.69, 9.17) is 16.3 Å². The summed E-state index contributed by atoms with van der Waals surface area (Å²) >= 11 is 9.22. The van der Waals surface area contributed by atoms with E-state index in [0.717, 1.165) is 30.2 Å². The van der Waals surface area contributed by atoms with Crippen molar-refractivity contribution in [2.24, 2.45) is 0 Å². The molecule has 0 aliphatic heterocycles. The molecule has 1 aliphatic carbocycles. The molecule has 1 fully saturated rings. The third-order valence-corrected chi connectivity index (χ3v) is 3.97.